The van der Waals surface area contributed by atoms with Crippen molar-refractivity contribution in [3.63, 3.8) is 0 Å². The van der Waals surface area contributed by atoms with Crippen LogP contribution in [0.5, 0.6) is 0 Å². The Morgan fingerprint density at radius 1 is 1.29 bits per heavy atom. The molecule has 14 heavy (non-hydrogen) atoms. The molecule has 0 nitrogen and oxygen atoms in total. The van der Waals surface area contributed by atoms with Gasteiger partial charge in [-0.05, 0) is 0 Å². The molecule has 0 fully saturated rings. The first-order valence-electron chi connectivity index (χ1n) is 5.68. The van der Waals surface area contributed by atoms with E-state index in [-0.39, 0.29) is 0 Å². The zero-order valence-electron chi connectivity index (χ0n) is 9.75. The van der Waals surface area contributed by atoms with Crippen LogP contribution in [0.1, 0.15) is 52.9 Å². The van der Waals surface area contributed by atoms with Gasteiger partial charge in [0.2, 0.25) is 0 Å². The second-order valence-corrected chi connectivity index (χ2v) is 7.49. The molecular formula is C12H24SSe. The molecule has 0 radical (unpaired) electrons. The van der Waals surface area contributed by atoms with Gasteiger partial charge in [0, 0.05) is 0 Å². The third kappa shape index (κ3) is 10.7. The van der Waals surface area contributed by atoms with Gasteiger partial charge in [0.05, 0.1) is 0 Å². The molecule has 0 unspecified atom stereocenters. The molecule has 0 aliphatic carbocycles. The number of rotatable bonds is 8. The van der Waals surface area contributed by atoms with Crippen molar-refractivity contribution in [2.24, 2.45) is 5.92 Å². The number of hydrogen-bond donors (Lipinski definition) is 1. The summed E-state index contributed by atoms with van der Waals surface area (Å²) >= 11 is 5.15. The average molecular weight is 279 g/mol. The number of hydrogen-bond acceptors (Lipinski definition) is 1. The molecule has 0 saturated carbocycles. The molecule has 0 aliphatic heterocycles. The van der Waals surface area contributed by atoms with Gasteiger partial charge in [-0.15, -0.1) is 0 Å². The first-order chi connectivity index (χ1) is 6.66. The Morgan fingerprint density at radius 3 is 2.57 bits per heavy atom. The van der Waals surface area contributed by atoms with Crippen molar-refractivity contribution >= 4 is 27.6 Å². The first-order valence-corrected chi connectivity index (χ1v) is 8.20. The van der Waals surface area contributed by atoms with Gasteiger partial charge >= 0.3 is 102 Å². The standard InChI is InChI=1S/C12H24SSe/c1-4-5-6-7-8-9-12(13)14-10-11(2)3/h9,11,13H,4-8,10H2,1-3H3/b12-9+. The van der Waals surface area contributed by atoms with Crippen molar-refractivity contribution in [2.75, 3.05) is 0 Å². The SMILES string of the molecule is CCCCCC/C=C(\S)[Se]CC(C)C. The summed E-state index contributed by atoms with van der Waals surface area (Å²) in [7, 11) is 0. The van der Waals surface area contributed by atoms with E-state index in [2.05, 4.69) is 39.5 Å². The monoisotopic (exact) mass is 280 g/mol. The number of unbranched alkanes of at least 4 members (excludes halogenated alkanes) is 4. The molecule has 0 rings (SSSR count). The maximum absolute atomic E-state index is 4.52. The molecule has 84 valence electrons. The predicted octanol–water partition coefficient (Wildman–Crippen LogP) is 4.51. The van der Waals surface area contributed by atoms with Crippen molar-refractivity contribution < 1.29 is 0 Å². The third-order valence-corrected chi connectivity index (χ3v) is 5.51. The molecule has 0 spiro atoms. The molecule has 0 amide bonds. The van der Waals surface area contributed by atoms with Crippen LogP contribution in [0, 0.1) is 5.92 Å². The van der Waals surface area contributed by atoms with E-state index in [1.807, 2.05) is 0 Å². The summed E-state index contributed by atoms with van der Waals surface area (Å²) in [4.78, 5) is 0. The maximum atomic E-state index is 4.52. The van der Waals surface area contributed by atoms with Crippen LogP contribution >= 0.6 is 12.6 Å². The molecule has 0 heterocycles. The Bertz CT molecular complexity index is 152. The topological polar surface area (TPSA) is 0 Å². The minimum absolute atomic E-state index is 0.627. The van der Waals surface area contributed by atoms with Crippen LogP contribution in [-0.4, -0.2) is 15.0 Å². The van der Waals surface area contributed by atoms with E-state index in [4.69, 9.17) is 0 Å². The van der Waals surface area contributed by atoms with Crippen molar-refractivity contribution in [2.45, 2.75) is 58.2 Å². The van der Waals surface area contributed by atoms with E-state index in [1.54, 1.807) is 0 Å². The summed E-state index contributed by atoms with van der Waals surface area (Å²) in [5, 5.41) is 1.33. The summed E-state index contributed by atoms with van der Waals surface area (Å²) < 4.78 is 1.35. The molecule has 0 saturated heterocycles. The molecule has 0 bridgehead atoms. The zero-order chi connectivity index (χ0) is 10.8. The van der Waals surface area contributed by atoms with E-state index in [1.165, 1.54) is 41.2 Å². The molecule has 0 aliphatic rings. The van der Waals surface area contributed by atoms with Crippen LogP contribution in [0.3, 0.4) is 0 Å². The Hall–Kier alpha value is 0.609. The van der Waals surface area contributed by atoms with Crippen LogP contribution in [0.15, 0.2) is 9.88 Å². The van der Waals surface area contributed by atoms with E-state index in [9.17, 15) is 0 Å². The molecule has 0 atom stereocenters. The fraction of sp³-hybridized carbons (Fsp3) is 0.833. The van der Waals surface area contributed by atoms with Gasteiger partial charge in [0.25, 0.3) is 0 Å². The average Bonchev–Trinajstić information content (AvgIpc) is 2.14. The summed E-state index contributed by atoms with van der Waals surface area (Å²) in [6.45, 7) is 6.82. The third-order valence-electron chi connectivity index (χ3n) is 1.94. The normalized spacial score (nSPS) is 12.5. The predicted molar refractivity (Wildman–Crippen MR) is 71.2 cm³/mol. The molecule has 0 N–H and O–H groups in total. The second kappa shape index (κ2) is 10.1. The van der Waals surface area contributed by atoms with Crippen LogP contribution < -0.4 is 0 Å². The molecule has 0 aromatic rings. The van der Waals surface area contributed by atoms with Crippen LogP contribution in [0.2, 0.25) is 5.32 Å². The van der Waals surface area contributed by atoms with Crippen molar-refractivity contribution in [3.8, 4) is 0 Å². The fourth-order valence-electron chi connectivity index (χ4n) is 1.11. The van der Waals surface area contributed by atoms with Crippen LogP contribution in [0.25, 0.3) is 0 Å². The summed E-state index contributed by atoms with van der Waals surface area (Å²) in [6.07, 6.45) is 9.00. The van der Waals surface area contributed by atoms with E-state index >= 15 is 0 Å². The zero-order valence-corrected chi connectivity index (χ0v) is 12.4. The summed E-state index contributed by atoms with van der Waals surface area (Å²) in [5.74, 6) is 0.825. The van der Waals surface area contributed by atoms with Crippen LogP contribution in [-0.2, 0) is 0 Å². The minimum atomic E-state index is 0.627. The molecule has 2 heteroatoms. The summed E-state index contributed by atoms with van der Waals surface area (Å²) in [5.41, 5.74) is 0. The molecule has 0 aromatic heterocycles. The fourth-order valence-corrected chi connectivity index (χ4v) is 3.18. The molecular weight excluding hydrogens is 255 g/mol. The van der Waals surface area contributed by atoms with E-state index in [0.717, 1.165) is 5.92 Å². The van der Waals surface area contributed by atoms with Crippen molar-refractivity contribution in [1.29, 1.82) is 0 Å². The van der Waals surface area contributed by atoms with Gasteiger partial charge in [-0.2, -0.15) is 0 Å². The second-order valence-electron chi connectivity index (χ2n) is 4.10. The Balaban J connectivity index is 3.36. The van der Waals surface area contributed by atoms with Gasteiger partial charge in [-0.1, -0.05) is 0 Å². The van der Waals surface area contributed by atoms with Gasteiger partial charge < -0.3 is 0 Å². The van der Waals surface area contributed by atoms with Gasteiger partial charge in [-0.3, -0.25) is 0 Å². The number of thiol groups is 1. The Kier molecular flexibility index (Phi) is 10.6. The quantitative estimate of drug-likeness (QED) is 0.377. The summed E-state index contributed by atoms with van der Waals surface area (Å²) in [6, 6.07) is 0. The van der Waals surface area contributed by atoms with Gasteiger partial charge in [-0.25, -0.2) is 0 Å². The Morgan fingerprint density at radius 2 is 2.00 bits per heavy atom. The number of allylic oxidation sites excluding steroid dienone is 1. The van der Waals surface area contributed by atoms with Gasteiger partial charge in [0.15, 0.2) is 0 Å². The molecule has 0 aromatic carbocycles. The van der Waals surface area contributed by atoms with E-state index < -0.39 is 0 Å². The van der Waals surface area contributed by atoms with Crippen LogP contribution in [0.4, 0.5) is 0 Å². The van der Waals surface area contributed by atoms with Crippen molar-refractivity contribution in [3.05, 3.63) is 9.88 Å². The van der Waals surface area contributed by atoms with Crippen molar-refractivity contribution in [1.82, 2.24) is 0 Å². The van der Waals surface area contributed by atoms with E-state index in [0.29, 0.717) is 15.0 Å². The van der Waals surface area contributed by atoms with Gasteiger partial charge in [0.1, 0.15) is 0 Å². The Labute approximate surface area is 101 Å². The first kappa shape index (κ1) is 14.6.